The third-order valence-electron chi connectivity index (χ3n) is 9.65. The number of fused-ring (bicyclic) bond motifs is 3. The number of carbonyl (C=O) groups is 3. The second-order valence-electron chi connectivity index (χ2n) is 11.4. The first-order valence-electron chi connectivity index (χ1n) is 11.6. The van der Waals surface area contributed by atoms with Crippen LogP contribution in [-0.4, -0.2) is 17.3 Å². The second-order valence-corrected chi connectivity index (χ2v) is 11.4. The minimum absolute atomic E-state index is 0.0920. The van der Waals surface area contributed by atoms with Gasteiger partial charge in [0.25, 0.3) is 0 Å². The molecule has 0 N–H and O–H groups in total. The van der Waals surface area contributed by atoms with Gasteiger partial charge in [-0.25, -0.2) is 0 Å². The molecule has 0 saturated heterocycles. The van der Waals surface area contributed by atoms with Crippen LogP contribution in [0.25, 0.3) is 0 Å². The second kappa shape index (κ2) is 6.49. The molecule has 3 heteroatoms. The van der Waals surface area contributed by atoms with Crippen LogP contribution >= 0.6 is 0 Å². The Labute approximate surface area is 186 Å². The standard InChI is InChI=1S/C28H36O3/c1-14-10-11-15(2)22-20(14)17(4)27(8)13-26(7)12-16(3)21(19(6)29)25(31)28(26,9)18(5)23(27)24(22)30/h17H,10-13H2,1-9H3. The predicted molar refractivity (Wildman–Crippen MR) is 123 cm³/mol. The maximum Gasteiger partial charge on any atom is 0.189 e. The highest BCUT2D eigenvalue weighted by atomic mass is 16.2. The van der Waals surface area contributed by atoms with Gasteiger partial charge in [0.1, 0.15) is 0 Å². The van der Waals surface area contributed by atoms with Crippen LogP contribution in [0, 0.1) is 22.2 Å². The monoisotopic (exact) mass is 420 g/mol. The van der Waals surface area contributed by atoms with E-state index in [1.165, 1.54) is 23.6 Å². The number of ketones is 3. The summed E-state index contributed by atoms with van der Waals surface area (Å²) in [6.45, 7) is 18.4. The number of hydrogen-bond acceptors (Lipinski definition) is 3. The molecule has 166 valence electrons. The SMILES string of the molecule is CC(=O)C1=C(C)CC2(C)CC3(C)C(=C(C)C2(C)C1=O)C(=O)C1=C(C)CCC(C)=C1C3C. The molecule has 0 aromatic heterocycles. The van der Waals surface area contributed by atoms with Crippen molar-refractivity contribution in [3.8, 4) is 0 Å². The summed E-state index contributed by atoms with van der Waals surface area (Å²) < 4.78 is 0. The van der Waals surface area contributed by atoms with Crippen molar-refractivity contribution < 1.29 is 14.4 Å². The van der Waals surface area contributed by atoms with E-state index < -0.39 is 5.41 Å². The molecule has 0 aromatic rings. The maximum atomic E-state index is 14.1. The van der Waals surface area contributed by atoms with Crippen molar-refractivity contribution in [1.82, 2.24) is 0 Å². The van der Waals surface area contributed by atoms with Crippen LogP contribution in [0.2, 0.25) is 0 Å². The van der Waals surface area contributed by atoms with E-state index in [-0.39, 0.29) is 34.1 Å². The van der Waals surface area contributed by atoms with Gasteiger partial charge in [0.15, 0.2) is 17.3 Å². The molecule has 0 heterocycles. The minimum atomic E-state index is -0.836. The maximum absolute atomic E-state index is 14.1. The van der Waals surface area contributed by atoms with Gasteiger partial charge in [0, 0.05) is 16.6 Å². The van der Waals surface area contributed by atoms with Crippen LogP contribution in [0.3, 0.4) is 0 Å². The van der Waals surface area contributed by atoms with E-state index in [1.807, 2.05) is 20.8 Å². The number of allylic oxidation sites excluding steroid dienone is 8. The topological polar surface area (TPSA) is 51.2 Å². The van der Waals surface area contributed by atoms with Gasteiger partial charge in [0.2, 0.25) is 0 Å². The molecule has 4 rings (SSSR count). The average molecular weight is 421 g/mol. The van der Waals surface area contributed by atoms with E-state index in [4.69, 9.17) is 0 Å². The van der Waals surface area contributed by atoms with Gasteiger partial charge in [-0.15, -0.1) is 0 Å². The fraction of sp³-hybridized carbons (Fsp3) is 0.607. The van der Waals surface area contributed by atoms with E-state index in [0.29, 0.717) is 12.0 Å². The lowest BCUT2D eigenvalue weighted by Gasteiger charge is -2.61. The van der Waals surface area contributed by atoms with E-state index in [2.05, 4.69) is 34.6 Å². The lowest BCUT2D eigenvalue weighted by Crippen LogP contribution is -2.58. The summed E-state index contributed by atoms with van der Waals surface area (Å²) in [5.74, 6) is 0.0873. The number of carbonyl (C=O) groups excluding carboxylic acids is 3. The molecule has 0 aromatic carbocycles. The van der Waals surface area contributed by atoms with E-state index in [0.717, 1.165) is 41.6 Å². The summed E-state index contributed by atoms with van der Waals surface area (Å²) >= 11 is 0. The molecule has 0 spiro atoms. The Hall–Kier alpha value is -2.03. The summed E-state index contributed by atoms with van der Waals surface area (Å²) in [5.41, 5.74) is 6.16. The van der Waals surface area contributed by atoms with Crippen LogP contribution in [0.5, 0.6) is 0 Å². The molecule has 4 atom stereocenters. The highest BCUT2D eigenvalue weighted by molar-refractivity contribution is 6.24. The molecule has 0 amide bonds. The Morgan fingerprint density at radius 3 is 2.10 bits per heavy atom. The fourth-order valence-corrected chi connectivity index (χ4v) is 7.69. The molecule has 0 radical (unpaired) electrons. The van der Waals surface area contributed by atoms with Crippen LogP contribution in [0.15, 0.2) is 44.6 Å². The van der Waals surface area contributed by atoms with Crippen molar-refractivity contribution in [1.29, 1.82) is 0 Å². The van der Waals surface area contributed by atoms with Crippen molar-refractivity contribution >= 4 is 17.3 Å². The molecule has 1 saturated carbocycles. The largest absolute Gasteiger partial charge is 0.294 e. The molecule has 4 unspecified atom stereocenters. The highest BCUT2D eigenvalue weighted by Gasteiger charge is 2.65. The Bertz CT molecular complexity index is 1090. The molecular formula is C28H36O3. The molecule has 3 nitrogen and oxygen atoms in total. The van der Waals surface area contributed by atoms with Gasteiger partial charge in [-0.2, -0.15) is 0 Å². The summed E-state index contributed by atoms with van der Waals surface area (Å²) in [7, 11) is 0. The molecule has 31 heavy (non-hydrogen) atoms. The molecule has 0 bridgehead atoms. The Kier molecular flexibility index (Phi) is 4.65. The van der Waals surface area contributed by atoms with E-state index in [9.17, 15) is 14.4 Å². The molecule has 1 fully saturated rings. The van der Waals surface area contributed by atoms with Crippen molar-refractivity contribution in [2.75, 3.05) is 0 Å². The summed E-state index contributed by atoms with van der Waals surface area (Å²) in [4.78, 5) is 40.3. The van der Waals surface area contributed by atoms with Crippen LogP contribution in [0.4, 0.5) is 0 Å². The average Bonchev–Trinajstić information content (AvgIpc) is 2.64. The molecule has 4 aliphatic rings. The van der Waals surface area contributed by atoms with Crippen LogP contribution in [0.1, 0.15) is 88.0 Å². The van der Waals surface area contributed by atoms with Gasteiger partial charge in [-0.1, -0.05) is 43.1 Å². The Balaban J connectivity index is 2.05. The zero-order valence-corrected chi connectivity index (χ0v) is 20.6. The lowest BCUT2D eigenvalue weighted by atomic mass is 9.40. The molecule has 0 aliphatic heterocycles. The summed E-state index contributed by atoms with van der Waals surface area (Å²) in [5, 5.41) is 0. The minimum Gasteiger partial charge on any atom is -0.294 e. The van der Waals surface area contributed by atoms with Crippen molar-refractivity contribution in [2.24, 2.45) is 22.2 Å². The fourth-order valence-electron chi connectivity index (χ4n) is 7.69. The van der Waals surface area contributed by atoms with E-state index in [1.54, 1.807) is 0 Å². The third-order valence-corrected chi connectivity index (χ3v) is 9.65. The first-order valence-corrected chi connectivity index (χ1v) is 11.6. The lowest BCUT2D eigenvalue weighted by molar-refractivity contribution is -0.135. The smallest absolute Gasteiger partial charge is 0.189 e. The number of hydrogen-bond donors (Lipinski definition) is 0. The van der Waals surface area contributed by atoms with Gasteiger partial charge in [-0.05, 0) is 84.1 Å². The molecule has 4 aliphatic carbocycles. The number of Topliss-reactive ketones (excluding diaryl/α,β-unsaturated/α-hetero) is 3. The Morgan fingerprint density at radius 1 is 0.935 bits per heavy atom. The number of rotatable bonds is 1. The van der Waals surface area contributed by atoms with Crippen molar-refractivity contribution in [2.45, 2.75) is 88.0 Å². The van der Waals surface area contributed by atoms with Gasteiger partial charge >= 0.3 is 0 Å². The van der Waals surface area contributed by atoms with Crippen LogP contribution < -0.4 is 0 Å². The van der Waals surface area contributed by atoms with Gasteiger partial charge in [0.05, 0.1) is 11.0 Å². The normalized spacial score (nSPS) is 38.4. The first kappa shape index (κ1) is 22.2. The van der Waals surface area contributed by atoms with Gasteiger partial charge in [-0.3, -0.25) is 14.4 Å². The highest BCUT2D eigenvalue weighted by Crippen LogP contribution is 2.68. The zero-order chi connectivity index (χ0) is 23.3. The Morgan fingerprint density at radius 2 is 1.52 bits per heavy atom. The first-order chi connectivity index (χ1) is 14.2. The van der Waals surface area contributed by atoms with Crippen molar-refractivity contribution in [3.63, 3.8) is 0 Å². The molecular weight excluding hydrogens is 384 g/mol. The van der Waals surface area contributed by atoms with Crippen LogP contribution in [-0.2, 0) is 14.4 Å². The summed E-state index contributed by atoms with van der Waals surface area (Å²) in [6.07, 6.45) is 3.43. The van der Waals surface area contributed by atoms with Gasteiger partial charge < -0.3 is 0 Å². The predicted octanol–water partition coefficient (Wildman–Crippen LogP) is 6.25. The third kappa shape index (κ3) is 2.49. The summed E-state index contributed by atoms with van der Waals surface area (Å²) in [6, 6.07) is 0. The zero-order valence-electron chi connectivity index (χ0n) is 20.6. The van der Waals surface area contributed by atoms with E-state index >= 15 is 0 Å². The quantitative estimate of drug-likeness (QED) is 0.471. The van der Waals surface area contributed by atoms with Crippen molar-refractivity contribution in [3.05, 3.63) is 44.6 Å².